The fourth-order valence-corrected chi connectivity index (χ4v) is 5.05. The van der Waals surface area contributed by atoms with Crippen LogP contribution in [0.2, 0.25) is 5.02 Å². The third-order valence-corrected chi connectivity index (χ3v) is 6.65. The molecule has 0 aromatic heterocycles. The van der Waals surface area contributed by atoms with Gasteiger partial charge < -0.3 is 9.47 Å². The lowest BCUT2D eigenvalue weighted by Crippen LogP contribution is -2.57. The first-order valence-corrected chi connectivity index (χ1v) is 9.27. The van der Waals surface area contributed by atoms with E-state index in [4.69, 9.17) is 21.1 Å². The van der Waals surface area contributed by atoms with E-state index in [1.54, 1.807) is 6.07 Å². The molecule has 0 amide bonds. The molecule has 1 spiro atoms. The first kappa shape index (κ1) is 16.1. The van der Waals surface area contributed by atoms with E-state index in [9.17, 15) is 8.42 Å². The van der Waals surface area contributed by atoms with Gasteiger partial charge >= 0.3 is 0 Å². The van der Waals surface area contributed by atoms with E-state index in [2.05, 4.69) is 4.72 Å². The smallest absolute Gasteiger partial charge is 0.240 e. The molecule has 0 radical (unpaired) electrons. The Labute approximate surface area is 136 Å². The molecule has 1 saturated carbocycles. The minimum atomic E-state index is -3.57. The van der Waals surface area contributed by atoms with Crippen LogP contribution >= 0.6 is 11.6 Å². The molecule has 2 aliphatic rings. The summed E-state index contributed by atoms with van der Waals surface area (Å²) >= 11 is 6.03. The van der Waals surface area contributed by atoms with E-state index < -0.39 is 10.0 Å². The Bertz CT molecular complexity index is 656. The van der Waals surface area contributed by atoms with Crippen molar-refractivity contribution in [2.45, 2.75) is 36.6 Å². The average molecular weight is 346 g/mol. The summed E-state index contributed by atoms with van der Waals surface area (Å²) in [7, 11) is -2.08. The Morgan fingerprint density at radius 1 is 1.32 bits per heavy atom. The summed E-state index contributed by atoms with van der Waals surface area (Å²) in [5.74, 6) is 0.463. The van der Waals surface area contributed by atoms with Crippen LogP contribution < -0.4 is 9.46 Å². The van der Waals surface area contributed by atoms with Crippen molar-refractivity contribution in [1.82, 2.24) is 4.72 Å². The average Bonchev–Trinajstić information content (AvgIpc) is 2.52. The van der Waals surface area contributed by atoms with Crippen LogP contribution in [0.25, 0.3) is 0 Å². The summed E-state index contributed by atoms with van der Waals surface area (Å²) in [6.07, 6.45) is 3.78. The van der Waals surface area contributed by atoms with E-state index >= 15 is 0 Å². The number of hydrogen-bond donors (Lipinski definition) is 1. The van der Waals surface area contributed by atoms with Crippen LogP contribution in [-0.4, -0.2) is 34.8 Å². The summed E-state index contributed by atoms with van der Waals surface area (Å²) < 4.78 is 38.4. The molecule has 1 aliphatic carbocycles. The van der Waals surface area contributed by atoms with Crippen molar-refractivity contribution >= 4 is 21.6 Å². The lowest BCUT2D eigenvalue weighted by molar-refractivity contribution is -0.0483. The number of halogens is 1. The van der Waals surface area contributed by atoms with Crippen molar-refractivity contribution in [1.29, 1.82) is 0 Å². The molecule has 5 nitrogen and oxygen atoms in total. The van der Waals surface area contributed by atoms with Gasteiger partial charge in [0.2, 0.25) is 10.0 Å². The minimum absolute atomic E-state index is 0.0118. The maximum atomic E-state index is 12.6. The largest absolute Gasteiger partial charge is 0.495 e. The van der Waals surface area contributed by atoms with Crippen LogP contribution in [-0.2, 0) is 14.8 Å². The van der Waals surface area contributed by atoms with E-state index in [0.717, 1.165) is 25.7 Å². The van der Waals surface area contributed by atoms with Gasteiger partial charge in [-0.1, -0.05) is 11.6 Å². The zero-order valence-corrected chi connectivity index (χ0v) is 14.0. The van der Waals surface area contributed by atoms with Gasteiger partial charge in [-0.05, 0) is 49.3 Å². The first-order chi connectivity index (χ1) is 10.5. The normalized spacial score (nSPS) is 24.0. The van der Waals surface area contributed by atoms with Crippen molar-refractivity contribution in [2.75, 3.05) is 20.3 Å². The number of benzene rings is 1. The Morgan fingerprint density at radius 3 is 2.59 bits per heavy atom. The van der Waals surface area contributed by atoms with E-state index in [-0.39, 0.29) is 16.4 Å². The zero-order valence-electron chi connectivity index (χ0n) is 12.5. The number of methoxy groups -OCH3 is 1. The van der Waals surface area contributed by atoms with Gasteiger partial charge in [0, 0.05) is 19.3 Å². The second kappa shape index (κ2) is 6.00. The topological polar surface area (TPSA) is 64.6 Å². The zero-order chi connectivity index (χ0) is 15.8. The summed E-state index contributed by atoms with van der Waals surface area (Å²) in [6.45, 7) is 1.43. The van der Waals surface area contributed by atoms with Crippen molar-refractivity contribution in [3.05, 3.63) is 23.2 Å². The second-order valence-corrected chi connectivity index (χ2v) is 8.10. The van der Waals surface area contributed by atoms with Gasteiger partial charge in [0.15, 0.2) is 0 Å². The first-order valence-electron chi connectivity index (χ1n) is 7.40. The summed E-state index contributed by atoms with van der Waals surface area (Å²) in [4.78, 5) is 0.174. The molecule has 7 heteroatoms. The third-order valence-electron chi connectivity index (χ3n) is 4.89. The number of hydrogen-bond acceptors (Lipinski definition) is 4. The summed E-state index contributed by atoms with van der Waals surface area (Å²) in [6, 6.07) is 4.50. The molecule has 122 valence electrons. The molecule has 22 heavy (non-hydrogen) atoms. The van der Waals surface area contributed by atoms with Gasteiger partial charge in [-0.2, -0.15) is 0 Å². The molecule has 1 aliphatic heterocycles. The number of rotatable bonds is 4. The maximum Gasteiger partial charge on any atom is 0.240 e. The van der Waals surface area contributed by atoms with E-state index in [1.807, 2.05) is 0 Å². The Balaban J connectivity index is 1.77. The fraction of sp³-hybridized carbons (Fsp3) is 0.600. The van der Waals surface area contributed by atoms with Crippen LogP contribution in [0.3, 0.4) is 0 Å². The summed E-state index contributed by atoms with van der Waals surface area (Å²) in [5, 5.41) is 0.291. The number of ether oxygens (including phenoxy) is 2. The lowest BCUT2D eigenvalue weighted by atomic mass is 9.60. The van der Waals surface area contributed by atoms with E-state index in [1.165, 1.54) is 19.2 Å². The van der Waals surface area contributed by atoms with Gasteiger partial charge in [0.05, 0.1) is 17.0 Å². The van der Waals surface area contributed by atoms with Gasteiger partial charge in [0.25, 0.3) is 0 Å². The lowest BCUT2D eigenvalue weighted by Gasteiger charge is -2.51. The Kier molecular flexibility index (Phi) is 4.38. The van der Waals surface area contributed by atoms with Gasteiger partial charge in [0.1, 0.15) is 5.75 Å². The monoisotopic (exact) mass is 345 g/mol. The standard InChI is InChI=1S/C15H20ClNO4S/c1-20-13-3-2-11(10-12(13)16)22(18,19)17-14-4-5-15(14)6-8-21-9-7-15/h2-3,10,14,17H,4-9H2,1H3. The van der Waals surface area contributed by atoms with Crippen molar-refractivity contribution in [3.8, 4) is 5.75 Å². The van der Waals surface area contributed by atoms with Crippen LogP contribution in [0.15, 0.2) is 23.1 Å². The maximum absolute atomic E-state index is 12.6. The van der Waals surface area contributed by atoms with Crippen LogP contribution in [0.4, 0.5) is 0 Å². The van der Waals surface area contributed by atoms with Crippen molar-refractivity contribution in [3.63, 3.8) is 0 Å². The second-order valence-electron chi connectivity index (χ2n) is 5.98. The molecule has 0 bridgehead atoms. The van der Waals surface area contributed by atoms with Crippen molar-refractivity contribution < 1.29 is 17.9 Å². The van der Waals surface area contributed by atoms with E-state index in [0.29, 0.717) is 24.0 Å². The third kappa shape index (κ3) is 2.85. The molecule has 1 aromatic carbocycles. The highest BCUT2D eigenvalue weighted by Crippen LogP contribution is 2.49. The van der Waals surface area contributed by atoms with Crippen LogP contribution in [0, 0.1) is 5.41 Å². The molecule has 3 rings (SSSR count). The quantitative estimate of drug-likeness (QED) is 0.911. The molecule has 1 heterocycles. The molecular formula is C15H20ClNO4S. The Hall–Kier alpha value is -0.820. The number of sulfonamides is 1. The van der Waals surface area contributed by atoms with Crippen molar-refractivity contribution in [2.24, 2.45) is 5.41 Å². The predicted molar refractivity (Wildman–Crippen MR) is 83.8 cm³/mol. The summed E-state index contributed by atoms with van der Waals surface area (Å²) in [5.41, 5.74) is 0.0710. The highest BCUT2D eigenvalue weighted by Gasteiger charge is 2.48. The number of nitrogens with one attached hydrogen (secondary N) is 1. The Morgan fingerprint density at radius 2 is 2.05 bits per heavy atom. The van der Waals surface area contributed by atoms with Crippen LogP contribution in [0.1, 0.15) is 25.7 Å². The SMILES string of the molecule is COc1ccc(S(=O)(=O)NC2CCC23CCOCC3)cc1Cl. The highest BCUT2D eigenvalue weighted by molar-refractivity contribution is 7.89. The van der Waals surface area contributed by atoms with Gasteiger partial charge in [-0.15, -0.1) is 0 Å². The van der Waals surface area contributed by atoms with Gasteiger partial charge in [-0.3, -0.25) is 0 Å². The molecule has 1 aromatic rings. The molecule has 1 atom stereocenters. The molecule has 1 unspecified atom stereocenters. The van der Waals surface area contributed by atoms with Gasteiger partial charge in [-0.25, -0.2) is 13.1 Å². The predicted octanol–water partition coefficient (Wildman–Crippen LogP) is 2.59. The fourth-order valence-electron chi connectivity index (χ4n) is 3.33. The molecular weight excluding hydrogens is 326 g/mol. The highest BCUT2D eigenvalue weighted by atomic mass is 35.5. The minimum Gasteiger partial charge on any atom is -0.495 e. The van der Waals surface area contributed by atoms with Crippen LogP contribution in [0.5, 0.6) is 5.75 Å². The molecule has 1 N–H and O–H groups in total. The molecule has 2 fully saturated rings. The molecule has 1 saturated heterocycles.